The Morgan fingerprint density at radius 1 is 0.927 bits per heavy atom. The van der Waals surface area contributed by atoms with E-state index in [0.29, 0.717) is 29.3 Å². The Hall–Kier alpha value is -4.02. The lowest BCUT2D eigenvalue weighted by Gasteiger charge is -2.37. The van der Waals surface area contributed by atoms with Gasteiger partial charge in [0, 0.05) is 74.6 Å². The number of fused-ring (bicyclic) bond motifs is 1. The van der Waals surface area contributed by atoms with E-state index in [1.165, 1.54) is 12.1 Å². The topological polar surface area (TPSA) is 79.5 Å². The molecule has 2 fully saturated rings. The summed E-state index contributed by atoms with van der Waals surface area (Å²) in [5.41, 5.74) is 4.60. The number of hydrogen-bond donors (Lipinski definition) is 3. The zero-order chi connectivity index (χ0) is 28.5. The SMILES string of the molecule is CN1CCN(c2ccc(C(=O)Nc3n[nH]c4ccc(Cc5cc(F)cc(F)c5)cc34)c(NCC3CN(C)C3)c2)CC1. The first-order chi connectivity index (χ1) is 19.8. The fourth-order valence-electron chi connectivity index (χ4n) is 5.74. The molecule has 0 saturated carbocycles. The number of piperazine rings is 1. The summed E-state index contributed by atoms with van der Waals surface area (Å²) in [6.45, 7) is 6.76. The molecule has 4 aromatic rings. The van der Waals surface area contributed by atoms with Crippen molar-refractivity contribution in [1.82, 2.24) is 20.0 Å². The number of benzene rings is 3. The van der Waals surface area contributed by atoms with Crippen molar-refractivity contribution in [2.24, 2.45) is 5.92 Å². The summed E-state index contributed by atoms with van der Waals surface area (Å²) in [5, 5.41) is 14.6. The van der Waals surface area contributed by atoms with Crippen LogP contribution in [0.3, 0.4) is 0 Å². The van der Waals surface area contributed by atoms with Crippen molar-refractivity contribution < 1.29 is 13.6 Å². The van der Waals surface area contributed by atoms with Gasteiger partial charge in [-0.1, -0.05) is 6.07 Å². The highest BCUT2D eigenvalue weighted by atomic mass is 19.1. The molecule has 3 heterocycles. The second-order valence-electron chi connectivity index (χ2n) is 11.3. The van der Waals surface area contributed by atoms with E-state index in [4.69, 9.17) is 0 Å². The van der Waals surface area contributed by atoms with Crippen LogP contribution in [0.15, 0.2) is 54.6 Å². The van der Waals surface area contributed by atoms with Gasteiger partial charge in [-0.2, -0.15) is 5.10 Å². The van der Waals surface area contributed by atoms with E-state index in [-0.39, 0.29) is 5.91 Å². The van der Waals surface area contributed by atoms with Crippen LogP contribution in [-0.2, 0) is 6.42 Å². The lowest BCUT2D eigenvalue weighted by molar-refractivity contribution is 0.102. The van der Waals surface area contributed by atoms with E-state index < -0.39 is 11.6 Å². The minimum atomic E-state index is -0.607. The van der Waals surface area contributed by atoms with Crippen molar-refractivity contribution >= 4 is 34.0 Å². The van der Waals surface area contributed by atoms with E-state index >= 15 is 0 Å². The molecule has 0 unspecified atom stereocenters. The van der Waals surface area contributed by atoms with Gasteiger partial charge in [0.1, 0.15) is 11.6 Å². The monoisotopic (exact) mass is 559 g/mol. The third-order valence-electron chi connectivity index (χ3n) is 8.03. The van der Waals surface area contributed by atoms with Crippen molar-refractivity contribution in [3.63, 3.8) is 0 Å². The molecule has 0 spiro atoms. The van der Waals surface area contributed by atoms with Crippen molar-refractivity contribution in [1.29, 1.82) is 0 Å². The minimum absolute atomic E-state index is 0.255. The smallest absolute Gasteiger partial charge is 0.258 e. The van der Waals surface area contributed by atoms with Crippen LogP contribution in [-0.4, -0.2) is 85.8 Å². The van der Waals surface area contributed by atoms with E-state index in [2.05, 4.69) is 55.7 Å². The number of H-pyrrole nitrogens is 1. The molecule has 0 atom stereocenters. The highest BCUT2D eigenvalue weighted by molar-refractivity contribution is 6.11. The molecule has 3 aromatic carbocycles. The summed E-state index contributed by atoms with van der Waals surface area (Å²) >= 11 is 0. The van der Waals surface area contributed by atoms with Crippen molar-refractivity contribution in [2.75, 3.05) is 75.4 Å². The Morgan fingerprint density at radius 3 is 2.41 bits per heavy atom. The molecule has 10 heteroatoms. The summed E-state index contributed by atoms with van der Waals surface area (Å²) in [6.07, 6.45) is 0.349. The number of hydrogen-bond acceptors (Lipinski definition) is 6. The second kappa shape index (κ2) is 11.5. The third kappa shape index (κ3) is 6.18. The van der Waals surface area contributed by atoms with Gasteiger partial charge in [0.2, 0.25) is 0 Å². The maximum atomic E-state index is 13.7. The van der Waals surface area contributed by atoms with E-state index in [1.54, 1.807) is 0 Å². The predicted octanol–water partition coefficient (Wildman–Crippen LogP) is 4.41. The number of aromatic amines is 1. The molecule has 1 amide bonds. The van der Waals surface area contributed by atoms with Gasteiger partial charge in [-0.3, -0.25) is 9.89 Å². The number of carbonyl (C=O) groups is 1. The number of aromatic nitrogens is 2. The maximum absolute atomic E-state index is 13.7. The summed E-state index contributed by atoms with van der Waals surface area (Å²) < 4.78 is 27.4. The number of halogens is 2. The zero-order valence-corrected chi connectivity index (χ0v) is 23.4. The number of carbonyl (C=O) groups excluding carboxylic acids is 1. The molecule has 3 N–H and O–H groups in total. The average Bonchev–Trinajstić information content (AvgIpc) is 3.32. The minimum Gasteiger partial charge on any atom is -0.384 e. The number of nitrogens with one attached hydrogen (secondary N) is 3. The number of amides is 1. The maximum Gasteiger partial charge on any atom is 0.258 e. The first-order valence-corrected chi connectivity index (χ1v) is 14.0. The fraction of sp³-hybridized carbons (Fsp3) is 0.355. The van der Waals surface area contributed by atoms with Gasteiger partial charge in [0.05, 0.1) is 11.1 Å². The van der Waals surface area contributed by atoms with Crippen molar-refractivity contribution in [2.45, 2.75) is 6.42 Å². The van der Waals surface area contributed by atoms with Crippen LogP contribution in [0.1, 0.15) is 21.5 Å². The third-order valence-corrected chi connectivity index (χ3v) is 8.03. The van der Waals surface area contributed by atoms with Gasteiger partial charge in [-0.15, -0.1) is 0 Å². The quantitative estimate of drug-likeness (QED) is 0.297. The van der Waals surface area contributed by atoms with Gasteiger partial charge in [-0.25, -0.2) is 8.78 Å². The Morgan fingerprint density at radius 2 is 1.68 bits per heavy atom. The lowest BCUT2D eigenvalue weighted by Crippen LogP contribution is -2.47. The Labute approximate surface area is 238 Å². The van der Waals surface area contributed by atoms with Crippen molar-refractivity contribution in [3.05, 3.63) is 82.9 Å². The number of anilines is 3. The molecular weight excluding hydrogens is 524 g/mol. The molecule has 0 radical (unpaired) electrons. The summed E-state index contributed by atoms with van der Waals surface area (Å²) in [7, 11) is 4.25. The number of nitrogens with zero attached hydrogens (tertiary/aromatic N) is 4. The average molecular weight is 560 g/mol. The lowest BCUT2D eigenvalue weighted by atomic mass is 10.0. The van der Waals surface area contributed by atoms with Gasteiger partial charge in [-0.05, 0) is 74.1 Å². The summed E-state index contributed by atoms with van der Waals surface area (Å²) in [4.78, 5) is 20.6. The van der Waals surface area contributed by atoms with Crippen molar-refractivity contribution in [3.8, 4) is 0 Å². The molecule has 0 bridgehead atoms. The van der Waals surface area contributed by atoms with Crippen LogP contribution in [0.4, 0.5) is 26.0 Å². The molecule has 41 heavy (non-hydrogen) atoms. The summed E-state index contributed by atoms with van der Waals surface area (Å²) in [6, 6.07) is 15.1. The highest BCUT2D eigenvalue weighted by Crippen LogP contribution is 2.29. The largest absolute Gasteiger partial charge is 0.384 e. The molecule has 2 saturated heterocycles. The Balaban J connectivity index is 1.23. The predicted molar refractivity (Wildman–Crippen MR) is 159 cm³/mol. The molecule has 2 aliphatic rings. The van der Waals surface area contributed by atoms with Gasteiger partial charge in [0.15, 0.2) is 5.82 Å². The van der Waals surface area contributed by atoms with Crippen LogP contribution < -0.4 is 15.5 Å². The molecular formula is C31H35F2N7O. The van der Waals surface area contributed by atoms with E-state index in [1.807, 2.05) is 30.3 Å². The van der Waals surface area contributed by atoms with Crippen LogP contribution >= 0.6 is 0 Å². The van der Waals surface area contributed by atoms with Crippen LogP contribution in [0.25, 0.3) is 10.9 Å². The fourth-order valence-corrected chi connectivity index (χ4v) is 5.74. The van der Waals surface area contributed by atoms with Gasteiger partial charge >= 0.3 is 0 Å². The standard InChI is InChI=1S/C31H35F2N7O/c1-38-7-9-40(10-8-38)25-4-5-26(29(16-25)34-17-22-18-39(2)19-22)31(41)35-30-27-14-20(3-6-28(27)36-37-30)11-21-12-23(32)15-24(33)13-21/h3-6,12-16,22,34H,7-11,17-19H2,1-2H3,(H2,35,36,37,41). The number of likely N-dealkylation sites (N-methyl/N-ethyl adjacent to an activating group) is 1. The second-order valence-corrected chi connectivity index (χ2v) is 11.3. The van der Waals surface area contributed by atoms with E-state index in [9.17, 15) is 13.6 Å². The molecule has 0 aliphatic carbocycles. The zero-order valence-electron chi connectivity index (χ0n) is 23.4. The normalized spacial score (nSPS) is 16.6. The molecule has 214 valence electrons. The highest BCUT2D eigenvalue weighted by Gasteiger charge is 2.24. The molecule has 6 rings (SSSR count). The van der Waals surface area contributed by atoms with E-state index in [0.717, 1.165) is 79.7 Å². The Kier molecular flexibility index (Phi) is 7.59. The van der Waals surface area contributed by atoms with Crippen LogP contribution in [0.2, 0.25) is 0 Å². The van der Waals surface area contributed by atoms with Gasteiger partial charge in [0.25, 0.3) is 5.91 Å². The number of rotatable bonds is 8. The molecule has 2 aliphatic heterocycles. The first-order valence-electron chi connectivity index (χ1n) is 14.0. The summed E-state index contributed by atoms with van der Waals surface area (Å²) in [5.74, 6) is -0.515. The van der Waals surface area contributed by atoms with Crippen LogP contribution in [0, 0.1) is 17.6 Å². The van der Waals surface area contributed by atoms with Gasteiger partial charge < -0.3 is 25.3 Å². The Bertz CT molecular complexity index is 1540. The number of likely N-dealkylation sites (tertiary alicyclic amines) is 1. The molecule has 8 nitrogen and oxygen atoms in total. The first kappa shape index (κ1) is 27.2. The molecule has 1 aromatic heterocycles. The van der Waals surface area contributed by atoms with Crippen LogP contribution in [0.5, 0.6) is 0 Å².